The third kappa shape index (κ3) is 4.79. The van der Waals surface area contributed by atoms with Crippen LogP contribution in [0.4, 0.5) is 0 Å². The molecule has 12 heteroatoms. The largest absolute Gasteiger partial charge is 0.289 e. The quantitative estimate of drug-likeness (QED) is 0.378. The molecule has 196 valence electrons. The Hall–Kier alpha value is -6.04. The molecule has 2 aromatic carbocycles. The van der Waals surface area contributed by atoms with E-state index in [0.717, 1.165) is 0 Å². The monoisotopic (exact) mass is 536 g/mol. The minimum Gasteiger partial charge on any atom is -0.289 e. The maximum absolute atomic E-state index is 11.7. The summed E-state index contributed by atoms with van der Waals surface area (Å²) in [6.45, 7) is 0. The van der Waals surface area contributed by atoms with Gasteiger partial charge < -0.3 is 0 Å². The van der Waals surface area contributed by atoms with E-state index >= 15 is 0 Å². The fourth-order valence-corrected chi connectivity index (χ4v) is 4.35. The van der Waals surface area contributed by atoms with E-state index in [0.29, 0.717) is 22.3 Å². The van der Waals surface area contributed by atoms with Gasteiger partial charge in [-0.3, -0.25) is 59.6 Å². The molecule has 4 aliphatic heterocycles. The lowest BCUT2D eigenvalue weighted by molar-refractivity contribution is -0.124. The van der Waals surface area contributed by atoms with Crippen LogP contribution < -0.4 is 21.3 Å². The van der Waals surface area contributed by atoms with E-state index in [1.54, 1.807) is 48.5 Å². The maximum Gasteiger partial charge on any atom is 0.258 e. The number of benzene rings is 2. The zero-order valence-corrected chi connectivity index (χ0v) is 20.2. The molecule has 0 saturated carbocycles. The first-order valence-electron chi connectivity index (χ1n) is 11.6. The number of carbonyl (C=O) groups is 8. The van der Waals surface area contributed by atoms with Crippen LogP contribution in [0, 0.1) is 0 Å². The van der Waals surface area contributed by atoms with Crippen LogP contribution >= 0.6 is 0 Å². The predicted octanol–water partition coefficient (Wildman–Crippen LogP) is -0.468. The highest BCUT2D eigenvalue weighted by Gasteiger charge is 2.30. The van der Waals surface area contributed by atoms with Crippen molar-refractivity contribution in [1.82, 2.24) is 21.3 Å². The Morgan fingerprint density at radius 2 is 0.525 bits per heavy atom. The van der Waals surface area contributed by atoms with E-state index in [4.69, 9.17) is 0 Å². The van der Waals surface area contributed by atoms with Crippen molar-refractivity contribution >= 4 is 69.5 Å². The Morgan fingerprint density at radius 1 is 0.325 bits per heavy atom. The highest BCUT2D eigenvalue weighted by Crippen LogP contribution is 2.30. The van der Waals surface area contributed by atoms with Gasteiger partial charge >= 0.3 is 0 Å². The second-order valence-electron chi connectivity index (χ2n) is 8.60. The topological polar surface area (TPSA) is 185 Å². The summed E-state index contributed by atoms with van der Waals surface area (Å²) in [4.78, 5) is 91.8. The molecule has 0 aromatic heterocycles. The second kappa shape index (κ2) is 10.0. The minimum absolute atomic E-state index is 0.179. The van der Waals surface area contributed by atoms with Gasteiger partial charge in [0.15, 0.2) is 0 Å². The molecule has 0 aliphatic carbocycles. The molecule has 6 rings (SSSR count). The molecule has 0 saturated heterocycles. The van der Waals surface area contributed by atoms with Gasteiger partial charge in [0.05, 0.1) is 22.3 Å². The van der Waals surface area contributed by atoms with Crippen LogP contribution in [0.5, 0.6) is 0 Å². The molecule has 0 bridgehead atoms. The molecule has 4 N–H and O–H groups in total. The summed E-state index contributed by atoms with van der Waals surface area (Å²) in [5, 5.41) is 8.58. The Kier molecular flexibility index (Phi) is 6.41. The summed E-state index contributed by atoms with van der Waals surface area (Å²) in [7, 11) is 0. The molecule has 4 aliphatic rings. The molecule has 12 nitrogen and oxygen atoms in total. The van der Waals surface area contributed by atoms with E-state index in [9.17, 15) is 38.4 Å². The van der Waals surface area contributed by atoms with Crippen molar-refractivity contribution < 1.29 is 38.4 Å². The van der Waals surface area contributed by atoms with Crippen molar-refractivity contribution in [2.75, 3.05) is 0 Å². The van der Waals surface area contributed by atoms with Crippen LogP contribution in [-0.4, -0.2) is 47.3 Å². The molecule has 0 atom stereocenters. The number of nitrogens with one attached hydrogen (secondary N) is 4. The lowest BCUT2D eigenvalue weighted by Crippen LogP contribution is -2.23. The van der Waals surface area contributed by atoms with E-state index < -0.39 is 47.3 Å². The van der Waals surface area contributed by atoms with Gasteiger partial charge in [-0.15, -0.1) is 0 Å². The van der Waals surface area contributed by atoms with Gasteiger partial charge in [-0.2, -0.15) is 0 Å². The summed E-state index contributed by atoms with van der Waals surface area (Å²) in [5.41, 5.74) is 2.47. The zero-order chi connectivity index (χ0) is 28.6. The molecular weight excluding hydrogens is 520 g/mol. The SMILES string of the molecule is O=C1C=C(c2ccccc2C2=CC(=O)NC2=O)C(=O)N1.O=C1C=C(c2ccccc2C2=CC(=O)NC2=O)C(=O)N1. The van der Waals surface area contributed by atoms with Crippen LogP contribution in [0.1, 0.15) is 22.3 Å². The van der Waals surface area contributed by atoms with Gasteiger partial charge in [-0.1, -0.05) is 48.5 Å². The van der Waals surface area contributed by atoms with Gasteiger partial charge in [-0.25, -0.2) is 0 Å². The van der Waals surface area contributed by atoms with Crippen LogP contribution in [0.25, 0.3) is 22.3 Å². The van der Waals surface area contributed by atoms with Gasteiger partial charge in [0.1, 0.15) is 0 Å². The summed E-state index contributed by atoms with van der Waals surface area (Å²) < 4.78 is 0. The van der Waals surface area contributed by atoms with Crippen molar-refractivity contribution in [3.05, 3.63) is 95.1 Å². The van der Waals surface area contributed by atoms with E-state index in [1.807, 2.05) is 0 Å². The summed E-state index contributed by atoms with van der Waals surface area (Å²) in [5.74, 6) is -4.08. The summed E-state index contributed by atoms with van der Waals surface area (Å²) >= 11 is 0. The van der Waals surface area contributed by atoms with Crippen molar-refractivity contribution in [1.29, 1.82) is 0 Å². The van der Waals surface area contributed by atoms with Crippen molar-refractivity contribution in [2.45, 2.75) is 0 Å². The lowest BCUT2D eigenvalue weighted by atomic mass is 9.94. The van der Waals surface area contributed by atoms with Crippen molar-refractivity contribution in [2.24, 2.45) is 0 Å². The number of carbonyl (C=O) groups excluding carboxylic acids is 8. The lowest BCUT2D eigenvalue weighted by Gasteiger charge is -2.08. The first kappa shape index (κ1) is 25.6. The van der Waals surface area contributed by atoms with E-state index in [2.05, 4.69) is 21.3 Å². The molecule has 0 fully saturated rings. The van der Waals surface area contributed by atoms with Crippen molar-refractivity contribution in [3.8, 4) is 0 Å². The Morgan fingerprint density at radius 3 is 0.675 bits per heavy atom. The number of amides is 8. The summed E-state index contributed by atoms with van der Waals surface area (Å²) in [6, 6.07) is 13.2. The van der Waals surface area contributed by atoms with Gasteiger partial charge in [0.25, 0.3) is 47.3 Å². The maximum atomic E-state index is 11.7. The van der Waals surface area contributed by atoms with Crippen LogP contribution in [-0.2, 0) is 38.4 Å². The fourth-order valence-electron chi connectivity index (χ4n) is 4.35. The highest BCUT2D eigenvalue weighted by atomic mass is 16.2. The summed E-state index contributed by atoms with van der Waals surface area (Å²) in [6.07, 6.45) is 4.71. The molecule has 2 aromatic rings. The Labute approximate surface area is 224 Å². The first-order chi connectivity index (χ1) is 19.1. The van der Waals surface area contributed by atoms with Gasteiger partial charge in [0, 0.05) is 24.3 Å². The Bertz CT molecular complexity index is 1490. The average Bonchev–Trinajstić information content (AvgIpc) is 3.64. The zero-order valence-electron chi connectivity index (χ0n) is 20.2. The third-order valence-corrected chi connectivity index (χ3v) is 6.04. The normalized spacial score (nSPS) is 17.8. The second-order valence-corrected chi connectivity index (χ2v) is 8.60. The van der Waals surface area contributed by atoms with Crippen LogP contribution in [0.15, 0.2) is 72.8 Å². The molecular formula is C28H16N4O8. The number of rotatable bonds is 4. The average molecular weight is 536 g/mol. The highest BCUT2D eigenvalue weighted by molar-refractivity contribution is 6.39. The smallest absolute Gasteiger partial charge is 0.258 e. The molecule has 0 unspecified atom stereocenters. The molecule has 40 heavy (non-hydrogen) atoms. The minimum atomic E-state index is -0.521. The van der Waals surface area contributed by atoms with Gasteiger partial charge in [-0.05, 0) is 22.3 Å². The van der Waals surface area contributed by atoms with E-state index in [1.165, 1.54) is 24.3 Å². The third-order valence-electron chi connectivity index (χ3n) is 6.04. The Balaban J connectivity index is 0.000000161. The molecule has 0 spiro atoms. The molecule has 8 amide bonds. The van der Waals surface area contributed by atoms with Crippen LogP contribution in [0.2, 0.25) is 0 Å². The predicted molar refractivity (Wildman–Crippen MR) is 137 cm³/mol. The molecule has 0 radical (unpaired) electrons. The first-order valence-corrected chi connectivity index (χ1v) is 11.6. The number of hydrogen-bond donors (Lipinski definition) is 4. The molecule has 4 heterocycles. The standard InChI is InChI=1S/2C14H8N2O4/c2*17-11-5-9(13(19)15-11)7-3-1-2-4-8(7)10-6-12(18)16-14(10)20/h2*1-6H,(H,15,17,19)(H,16,18,20). The number of hydrogen-bond acceptors (Lipinski definition) is 8. The van der Waals surface area contributed by atoms with Crippen molar-refractivity contribution in [3.63, 3.8) is 0 Å². The number of imide groups is 4. The van der Waals surface area contributed by atoms with Gasteiger partial charge in [0.2, 0.25) is 0 Å². The fraction of sp³-hybridized carbons (Fsp3) is 0. The van der Waals surface area contributed by atoms with Crippen LogP contribution in [0.3, 0.4) is 0 Å². The van der Waals surface area contributed by atoms with E-state index in [-0.39, 0.29) is 22.3 Å².